The van der Waals surface area contributed by atoms with E-state index in [2.05, 4.69) is 24.1 Å². The Kier molecular flexibility index (Phi) is 7.27. The Morgan fingerprint density at radius 3 is 2.40 bits per heavy atom. The zero-order valence-corrected chi connectivity index (χ0v) is 13.9. The van der Waals surface area contributed by atoms with Crippen molar-refractivity contribution in [2.75, 3.05) is 32.8 Å². The summed E-state index contributed by atoms with van der Waals surface area (Å²) in [6.45, 7) is 9.99. The summed E-state index contributed by atoms with van der Waals surface area (Å²) >= 11 is 12.2. The van der Waals surface area contributed by atoms with E-state index in [-0.39, 0.29) is 6.61 Å². The molecule has 0 bridgehead atoms. The fourth-order valence-electron chi connectivity index (χ4n) is 2.20. The van der Waals surface area contributed by atoms with Crippen molar-refractivity contribution >= 4 is 23.2 Å². The Morgan fingerprint density at radius 1 is 1.25 bits per heavy atom. The highest BCUT2D eigenvalue weighted by atomic mass is 35.5. The van der Waals surface area contributed by atoms with Crippen LogP contribution in [0.5, 0.6) is 0 Å². The molecule has 114 valence electrons. The first-order valence-electron chi connectivity index (χ1n) is 7.00. The molecule has 3 nitrogen and oxygen atoms in total. The van der Waals surface area contributed by atoms with Crippen LogP contribution in [0.1, 0.15) is 26.3 Å². The third kappa shape index (κ3) is 4.61. The summed E-state index contributed by atoms with van der Waals surface area (Å²) < 4.78 is 0. The molecule has 0 radical (unpaired) electrons. The molecule has 1 rings (SSSR count). The van der Waals surface area contributed by atoms with Gasteiger partial charge in [-0.3, -0.25) is 0 Å². The normalized spacial score (nSPS) is 14.6. The molecule has 0 aliphatic carbocycles. The average Bonchev–Trinajstić information content (AvgIpc) is 2.43. The van der Waals surface area contributed by atoms with Crippen LogP contribution in [-0.4, -0.2) is 42.8 Å². The van der Waals surface area contributed by atoms with Crippen molar-refractivity contribution < 1.29 is 5.11 Å². The van der Waals surface area contributed by atoms with Crippen molar-refractivity contribution in [1.29, 1.82) is 0 Å². The molecular weight excluding hydrogens is 295 g/mol. The molecule has 0 heterocycles. The molecular formula is C15H24Cl2N2O. The van der Waals surface area contributed by atoms with Crippen LogP contribution in [0.3, 0.4) is 0 Å². The van der Waals surface area contributed by atoms with E-state index in [1.807, 2.05) is 13.0 Å². The summed E-state index contributed by atoms with van der Waals surface area (Å²) in [5, 5.41) is 14.3. The first kappa shape index (κ1) is 17.7. The van der Waals surface area contributed by atoms with Gasteiger partial charge in [0.25, 0.3) is 0 Å². The van der Waals surface area contributed by atoms with Crippen molar-refractivity contribution in [3.8, 4) is 0 Å². The third-order valence-electron chi connectivity index (χ3n) is 3.68. The minimum Gasteiger partial charge on any atom is -0.394 e. The predicted octanol–water partition coefficient (Wildman–Crippen LogP) is 3.13. The Bertz CT molecular complexity index is 424. The van der Waals surface area contributed by atoms with Crippen LogP contribution in [0, 0.1) is 0 Å². The topological polar surface area (TPSA) is 35.5 Å². The molecule has 0 aliphatic rings. The van der Waals surface area contributed by atoms with Crippen LogP contribution in [-0.2, 0) is 5.54 Å². The van der Waals surface area contributed by atoms with Gasteiger partial charge in [-0.2, -0.15) is 0 Å². The van der Waals surface area contributed by atoms with Gasteiger partial charge in [-0.05, 0) is 37.7 Å². The maximum atomic E-state index is 9.74. The highest BCUT2D eigenvalue weighted by Gasteiger charge is 2.27. The molecule has 2 N–H and O–H groups in total. The van der Waals surface area contributed by atoms with E-state index >= 15 is 0 Å². The van der Waals surface area contributed by atoms with Gasteiger partial charge < -0.3 is 15.3 Å². The summed E-state index contributed by atoms with van der Waals surface area (Å²) in [5.41, 5.74) is 0.306. The van der Waals surface area contributed by atoms with Crippen LogP contribution >= 0.6 is 23.2 Å². The van der Waals surface area contributed by atoms with E-state index in [9.17, 15) is 5.11 Å². The van der Waals surface area contributed by atoms with Gasteiger partial charge in [-0.25, -0.2) is 0 Å². The van der Waals surface area contributed by atoms with E-state index < -0.39 is 5.54 Å². The van der Waals surface area contributed by atoms with Gasteiger partial charge in [-0.1, -0.05) is 43.1 Å². The van der Waals surface area contributed by atoms with Crippen LogP contribution in [0.2, 0.25) is 10.0 Å². The second kappa shape index (κ2) is 8.20. The molecule has 1 atom stereocenters. The third-order valence-corrected chi connectivity index (χ3v) is 4.23. The molecule has 1 aromatic rings. The Hall–Kier alpha value is -0.320. The van der Waals surface area contributed by atoms with Crippen molar-refractivity contribution in [2.45, 2.75) is 26.3 Å². The largest absolute Gasteiger partial charge is 0.394 e. The molecule has 1 unspecified atom stereocenters. The molecule has 0 amide bonds. The van der Waals surface area contributed by atoms with E-state index in [1.165, 1.54) is 0 Å². The number of aliphatic hydroxyl groups excluding tert-OH is 1. The first-order chi connectivity index (χ1) is 9.46. The minimum absolute atomic E-state index is 0.0212. The maximum Gasteiger partial charge on any atom is 0.0655 e. The van der Waals surface area contributed by atoms with Crippen molar-refractivity contribution in [3.05, 3.63) is 33.8 Å². The van der Waals surface area contributed by atoms with Crippen LogP contribution in [0.15, 0.2) is 18.2 Å². The quantitative estimate of drug-likeness (QED) is 0.773. The highest BCUT2D eigenvalue weighted by Crippen LogP contribution is 2.30. The molecule has 0 saturated carbocycles. The Labute approximate surface area is 131 Å². The fourth-order valence-corrected chi connectivity index (χ4v) is 2.82. The number of nitrogens with one attached hydrogen (secondary N) is 1. The number of nitrogens with zero attached hydrogens (tertiary/aromatic N) is 1. The average molecular weight is 319 g/mol. The molecule has 20 heavy (non-hydrogen) atoms. The molecule has 0 saturated heterocycles. The zero-order chi connectivity index (χ0) is 15.2. The molecule has 0 aromatic heterocycles. The van der Waals surface area contributed by atoms with E-state index in [1.54, 1.807) is 12.1 Å². The van der Waals surface area contributed by atoms with E-state index in [0.717, 1.165) is 31.7 Å². The lowest BCUT2D eigenvalue weighted by Crippen LogP contribution is -2.46. The second-order valence-corrected chi connectivity index (χ2v) is 5.91. The number of likely N-dealkylation sites (N-methyl/N-ethyl adjacent to an activating group) is 1. The number of hydrogen-bond donors (Lipinski definition) is 2. The summed E-state index contributed by atoms with van der Waals surface area (Å²) in [7, 11) is 0. The lowest BCUT2D eigenvalue weighted by atomic mass is 9.92. The van der Waals surface area contributed by atoms with Crippen molar-refractivity contribution in [3.63, 3.8) is 0 Å². The zero-order valence-electron chi connectivity index (χ0n) is 12.4. The second-order valence-electron chi connectivity index (χ2n) is 5.07. The summed E-state index contributed by atoms with van der Waals surface area (Å²) in [5.74, 6) is 0. The molecule has 1 aromatic carbocycles. The lowest BCUT2D eigenvalue weighted by Gasteiger charge is -2.31. The van der Waals surface area contributed by atoms with Gasteiger partial charge in [0.2, 0.25) is 0 Å². The number of halogens is 2. The van der Waals surface area contributed by atoms with Crippen molar-refractivity contribution in [1.82, 2.24) is 10.2 Å². The Morgan fingerprint density at radius 2 is 1.90 bits per heavy atom. The van der Waals surface area contributed by atoms with Crippen LogP contribution in [0.4, 0.5) is 0 Å². The van der Waals surface area contributed by atoms with Crippen molar-refractivity contribution in [2.24, 2.45) is 0 Å². The van der Waals surface area contributed by atoms with Gasteiger partial charge in [0.05, 0.1) is 12.1 Å². The number of benzene rings is 1. The number of hydrogen-bond acceptors (Lipinski definition) is 3. The lowest BCUT2D eigenvalue weighted by molar-refractivity contribution is 0.168. The molecule has 0 aliphatic heterocycles. The number of rotatable bonds is 8. The summed E-state index contributed by atoms with van der Waals surface area (Å²) in [6, 6.07) is 5.37. The maximum absolute atomic E-state index is 9.74. The monoisotopic (exact) mass is 318 g/mol. The highest BCUT2D eigenvalue weighted by molar-refractivity contribution is 6.35. The smallest absolute Gasteiger partial charge is 0.0655 e. The minimum atomic E-state index is -0.561. The van der Waals surface area contributed by atoms with Gasteiger partial charge in [-0.15, -0.1) is 0 Å². The van der Waals surface area contributed by atoms with Gasteiger partial charge in [0.1, 0.15) is 0 Å². The van der Waals surface area contributed by atoms with Gasteiger partial charge in [0, 0.05) is 23.1 Å². The van der Waals surface area contributed by atoms with E-state index in [4.69, 9.17) is 23.2 Å². The predicted molar refractivity (Wildman–Crippen MR) is 86.7 cm³/mol. The first-order valence-corrected chi connectivity index (χ1v) is 7.76. The van der Waals surface area contributed by atoms with Crippen LogP contribution in [0.25, 0.3) is 0 Å². The van der Waals surface area contributed by atoms with Crippen LogP contribution < -0.4 is 5.32 Å². The SMILES string of the molecule is CCN(CC)CCNC(C)(CO)c1ccc(Cl)cc1Cl. The molecule has 0 fully saturated rings. The molecule has 0 spiro atoms. The standard InChI is InChI=1S/C15H24Cl2N2O/c1-4-19(5-2)9-8-18-15(3,11-20)13-7-6-12(16)10-14(13)17/h6-7,10,18,20H,4-5,8-9,11H2,1-3H3. The number of aliphatic hydroxyl groups is 1. The summed E-state index contributed by atoms with van der Waals surface area (Å²) in [4.78, 5) is 2.33. The Balaban J connectivity index is 2.76. The van der Waals surface area contributed by atoms with Gasteiger partial charge in [0.15, 0.2) is 0 Å². The molecule has 5 heteroatoms. The van der Waals surface area contributed by atoms with Gasteiger partial charge >= 0.3 is 0 Å². The fraction of sp³-hybridized carbons (Fsp3) is 0.600. The summed E-state index contributed by atoms with van der Waals surface area (Å²) in [6.07, 6.45) is 0. The van der Waals surface area contributed by atoms with E-state index in [0.29, 0.717) is 10.0 Å².